The number of hydrogen-bond acceptors (Lipinski definition) is 5. The Bertz CT molecular complexity index is 1310. The summed E-state index contributed by atoms with van der Waals surface area (Å²) in [5.74, 6) is 6.09. The van der Waals surface area contributed by atoms with Gasteiger partial charge in [-0.25, -0.2) is 9.37 Å². The highest BCUT2D eigenvalue weighted by molar-refractivity contribution is 5.94. The number of halogens is 1. The Balaban J connectivity index is 1.64. The maximum atomic E-state index is 14.1. The second-order valence-electron chi connectivity index (χ2n) is 8.03. The van der Waals surface area contributed by atoms with Crippen LogP contribution in [0.25, 0.3) is 10.8 Å². The molecule has 0 unspecified atom stereocenters. The molecule has 0 saturated carbocycles. The number of carbonyl (C=O) groups excluding carboxylic acids is 1. The number of ether oxygens (including phenoxy) is 2. The van der Waals surface area contributed by atoms with Crippen LogP contribution in [-0.2, 0) is 4.79 Å². The van der Waals surface area contributed by atoms with Crippen LogP contribution in [0.2, 0.25) is 0 Å². The molecular formula is C27H24FN3O3. The Morgan fingerprint density at radius 1 is 1.15 bits per heavy atom. The third-order valence-corrected chi connectivity index (χ3v) is 6.02. The molecule has 1 N–H and O–H groups in total. The van der Waals surface area contributed by atoms with Gasteiger partial charge in [-0.15, -0.1) is 0 Å². The van der Waals surface area contributed by atoms with Gasteiger partial charge in [0, 0.05) is 40.9 Å². The molecule has 1 aliphatic rings. The van der Waals surface area contributed by atoms with Gasteiger partial charge in [-0.1, -0.05) is 37.0 Å². The van der Waals surface area contributed by atoms with Gasteiger partial charge >= 0.3 is 0 Å². The average molecular weight is 458 g/mol. The molecule has 34 heavy (non-hydrogen) atoms. The van der Waals surface area contributed by atoms with E-state index >= 15 is 0 Å². The Hall–Kier alpha value is -4.10. The minimum absolute atomic E-state index is 0.244. The fraction of sp³-hybridized carbons (Fsp3) is 0.296. The van der Waals surface area contributed by atoms with Crippen LogP contribution in [0.15, 0.2) is 48.7 Å². The number of fused-ring (bicyclic) bond motifs is 1. The second kappa shape index (κ2) is 10.2. The highest BCUT2D eigenvalue weighted by atomic mass is 19.1. The number of nitriles is 1. The number of nitrogens with zero attached hydrogens (tertiary/aromatic N) is 2. The van der Waals surface area contributed by atoms with Crippen molar-refractivity contribution >= 4 is 16.7 Å². The van der Waals surface area contributed by atoms with Gasteiger partial charge in [0.15, 0.2) is 6.17 Å². The maximum absolute atomic E-state index is 14.1. The minimum atomic E-state index is -1.48. The van der Waals surface area contributed by atoms with Crippen LogP contribution in [0.5, 0.6) is 11.6 Å². The van der Waals surface area contributed by atoms with Gasteiger partial charge in [0.1, 0.15) is 11.8 Å². The molecule has 1 aromatic heterocycles. The van der Waals surface area contributed by atoms with Crippen molar-refractivity contribution in [3.63, 3.8) is 0 Å². The van der Waals surface area contributed by atoms with E-state index in [2.05, 4.69) is 28.2 Å². The molecule has 2 heterocycles. The van der Waals surface area contributed by atoms with Crippen molar-refractivity contribution in [1.29, 1.82) is 5.26 Å². The molecule has 1 saturated heterocycles. The fourth-order valence-corrected chi connectivity index (χ4v) is 4.20. The lowest BCUT2D eigenvalue weighted by atomic mass is 9.94. The molecule has 7 heteroatoms. The summed E-state index contributed by atoms with van der Waals surface area (Å²) in [5, 5.41) is 13.6. The largest absolute Gasteiger partial charge is 0.495 e. The normalized spacial score (nSPS) is 19.1. The summed E-state index contributed by atoms with van der Waals surface area (Å²) in [5.41, 5.74) is 1.89. The smallest absolute Gasteiger partial charge is 0.255 e. The number of alkyl halides is 1. The molecule has 3 aromatic rings. The molecular weight excluding hydrogens is 433 g/mol. The minimum Gasteiger partial charge on any atom is -0.495 e. The van der Waals surface area contributed by atoms with Crippen LogP contribution in [-0.4, -0.2) is 36.8 Å². The molecule has 172 valence electrons. The quantitative estimate of drug-likeness (QED) is 0.563. The molecule has 1 amide bonds. The predicted octanol–water partition coefficient (Wildman–Crippen LogP) is 4.15. The van der Waals surface area contributed by atoms with Crippen molar-refractivity contribution in [3.05, 3.63) is 65.4 Å². The van der Waals surface area contributed by atoms with Gasteiger partial charge in [-0.2, -0.15) is 5.26 Å². The van der Waals surface area contributed by atoms with E-state index < -0.39 is 12.1 Å². The molecule has 2 aromatic carbocycles. The maximum Gasteiger partial charge on any atom is 0.255 e. The number of methoxy groups -OCH3 is 1. The summed E-state index contributed by atoms with van der Waals surface area (Å²) < 4.78 is 25.4. The van der Waals surface area contributed by atoms with Crippen molar-refractivity contribution < 1.29 is 18.7 Å². The first-order chi connectivity index (χ1) is 16.5. The lowest BCUT2D eigenvalue weighted by Crippen LogP contribution is -2.30. The van der Waals surface area contributed by atoms with Crippen LogP contribution in [0.1, 0.15) is 36.5 Å². The standard InChI is InChI=1S/C27H24FN3O3/c1-3-20-23(31-26(32)25(20)28)11-12-34-27-22-14-24(33-2)19(15-29)13-21(22)18(16-30-27)10-9-17-7-5-4-6-8-17/h4-8,13-14,16,20,23,25H,3,11-12H2,1-2H3,(H,31,32)/t20-,23+,25-/m0/s1. The van der Waals surface area contributed by atoms with Crippen LogP contribution < -0.4 is 14.8 Å². The Kier molecular flexibility index (Phi) is 6.94. The third-order valence-electron chi connectivity index (χ3n) is 6.02. The first kappa shape index (κ1) is 23.1. The number of nitrogens with one attached hydrogen (secondary N) is 1. The van der Waals surface area contributed by atoms with E-state index in [4.69, 9.17) is 9.47 Å². The fourth-order valence-electron chi connectivity index (χ4n) is 4.20. The van der Waals surface area contributed by atoms with E-state index in [1.807, 2.05) is 37.3 Å². The van der Waals surface area contributed by atoms with Crippen LogP contribution in [0.3, 0.4) is 0 Å². The molecule has 1 aliphatic heterocycles. The predicted molar refractivity (Wildman–Crippen MR) is 126 cm³/mol. The Labute approximate surface area is 197 Å². The molecule has 4 rings (SSSR count). The SMILES string of the molecule is CC[C@@H]1[C@H](F)C(=O)N[C@@H]1CCOc1ncc(C#Cc2ccccc2)c2cc(C#N)c(OC)cc12. The zero-order valence-electron chi connectivity index (χ0n) is 19.0. The summed E-state index contributed by atoms with van der Waals surface area (Å²) in [7, 11) is 1.50. The summed E-state index contributed by atoms with van der Waals surface area (Å²) in [4.78, 5) is 16.2. The molecule has 0 aliphatic carbocycles. The van der Waals surface area contributed by atoms with Gasteiger partial charge in [0.2, 0.25) is 5.88 Å². The van der Waals surface area contributed by atoms with Gasteiger partial charge in [0.05, 0.1) is 24.8 Å². The number of benzene rings is 2. The van der Waals surface area contributed by atoms with Crippen molar-refractivity contribution in [3.8, 4) is 29.5 Å². The van der Waals surface area contributed by atoms with Crippen molar-refractivity contribution in [1.82, 2.24) is 10.3 Å². The van der Waals surface area contributed by atoms with Gasteiger partial charge in [0.25, 0.3) is 5.91 Å². The van der Waals surface area contributed by atoms with Gasteiger partial charge in [-0.05, 0) is 30.7 Å². The number of hydrogen-bond donors (Lipinski definition) is 1. The number of pyridine rings is 1. The highest BCUT2D eigenvalue weighted by Gasteiger charge is 2.41. The number of carbonyl (C=O) groups is 1. The first-order valence-electron chi connectivity index (χ1n) is 11.1. The number of rotatable bonds is 6. The number of amides is 1. The Morgan fingerprint density at radius 2 is 1.94 bits per heavy atom. The van der Waals surface area contributed by atoms with Crippen molar-refractivity contribution in [2.45, 2.75) is 32.0 Å². The van der Waals surface area contributed by atoms with Crippen molar-refractivity contribution in [2.75, 3.05) is 13.7 Å². The van der Waals surface area contributed by atoms with E-state index in [9.17, 15) is 14.4 Å². The van der Waals surface area contributed by atoms with E-state index in [-0.39, 0.29) is 18.6 Å². The summed E-state index contributed by atoms with van der Waals surface area (Å²) >= 11 is 0. The zero-order chi connectivity index (χ0) is 24.1. The average Bonchev–Trinajstić information content (AvgIpc) is 3.15. The molecule has 0 bridgehead atoms. The molecule has 0 spiro atoms. The van der Waals surface area contributed by atoms with Crippen LogP contribution in [0.4, 0.5) is 4.39 Å². The second-order valence-corrected chi connectivity index (χ2v) is 8.03. The zero-order valence-corrected chi connectivity index (χ0v) is 19.0. The summed E-state index contributed by atoms with van der Waals surface area (Å²) in [6.45, 7) is 2.11. The molecule has 1 fully saturated rings. The number of aromatic nitrogens is 1. The summed E-state index contributed by atoms with van der Waals surface area (Å²) in [6, 6.07) is 14.9. The lowest BCUT2D eigenvalue weighted by Gasteiger charge is -2.18. The molecule has 6 nitrogen and oxygen atoms in total. The third kappa shape index (κ3) is 4.65. The van der Waals surface area contributed by atoms with Crippen LogP contribution in [0, 0.1) is 29.1 Å². The lowest BCUT2D eigenvalue weighted by molar-refractivity contribution is -0.123. The van der Waals surface area contributed by atoms with Crippen LogP contribution >= 0.6 is 0 Å². The van der Waals surface area contributed by atoms with E-state index in [1.54, 1.807) is 18.3 Å². The highest BCUT2D eigenvalue weighted by Crippen LogP contribution is 2.33. The van der Waals surface area contributed by atoms with E-state index in [1.165, 1.54) is 7.11 Å². The van der Waals surface area contributed by atoms with Gasteiger partial charge < -0.3 is 14.8 Å². The van der Waals surface area contributed by atoms with E-state index in [0.29, 0.717) is 41.0 Å². The van der Waals surface area contributed by atoms with Crippen molar-refractivity contribution in [2.24, 2.45) is 5.92 Å². The van der Waals surface area contributed by atoms with Gasteiger partial charge in [-0.3, -0.25) is 4.79 Å². The van der Waals surface area contributed by atoms with E-state index in [0.717, 1.165) is 10.9 Å². The molecule has 3 atom stereocenters. The topological polar surface area (TPSA) is 84.2 Å². The Morgan fingerprint density at radius 3 is 2.65 bits per heavy atom. The first-order valence-corrected chi connectivity index (χ1v) is 11.1. The monoisotopic (exact) mass is 457 g/mol. The summed E-state index contributed by atoms with van der Waals surface area (Å²) in [6.07, 6.45) is 1.15. The molecule has 0 radical (unpaired) electrons.